The predicted octanol–water partition coefficient (Wildman–Crippen LogP) is 1.99. The maximum Gasteiger partial charge on any atom is 0.123 e. The van der Waals surface area contributed by atoms with Gasteiger partial charge in [0.05, 0.1) is 12.3 Å². The van der Waals surface area contributed by atoms with Crippen LogP contribution in [0, 0.1) is 0 Å². The van der Waals surface area contributed by atoms with E-state index in [1.165, 1.54) is 0 Å². The summed E-state index contributed by atoms with van der Waals surface area (Å²) in [5.74, 6) is 0.847. The molecule has 0 aromatic carbocycles. The molecule has 0 spiro atoms. The number of nitrogens with one attached hydrogen (secondary N) is 1. The molecule has 96 valence electrons. The van der Waals surface area contributed by atoms with E-state index in [-0.39, 0.29) is 6.10 Å². The Kier molecular flexibility index (Phi) is 6.58. The van der Waals surface area contributed by atoms with Crippen molar-refractivity contribution in [3.05, 3.63) is 24.0 Å². The molecular weight excluding hydrogens is 216 g/mol. The van der Waals surface area contributed by atoms with Gasteiger partial charge in [-0.05, 0) is 26.5 Å². The van der Waals surface area contributed by atoms with Crippen LogP contribution in [-0.2, 0) is 11.3 Å². The van der Waals surface area contributed by atoms with Gasteiger partial charge in [-0.3, -0.25) is 4.98 Å². The van der Waals surface area contributed by atoms with E-state index in [1.54, 1.807) is 6.20 Å². The number of hydrogen-bond donors (Lipinski definition) is 1. The molecule has 0 radical (unpaired) electrons. The Morgan fingerprint density at radius 1 is 1.41 bits per heavy atom. The number of rotatable bonds is 8. The number of ether oxygens (including phenoxy) is 2. The Morgan fingerprint density at radius 3 is 2.94 bits per heavy atom. The second-order valence-electron chi connectivity index (χ2n) is 3.85. The SMILES string of the molecule is CCNCc1cc(OC(C)COCC)ccn1. The second kappa shape index (κ2) is 8.03. The molecule has 1 aromatic rings. The van der Waals surface area contributed by atoms with Gasteiger partial charge in [-0.25, -0.2) is 0 Å². The molecule has 0 saturated heterocycles. The fourth-order valence-electron chi connectivity index (χ4n) is 1.43. The topological polar surface area (TPSA) is 43.4 Å². The number of aromatic nitrogens is 1. The lowest BCUT2D eigenvalue weighted by molar-refractivity contribution is 0.0656. The Labute approximate surface area is 103 Å². The van der Waals surface area contributed by atoms with Crippen LogP contribution in [0.25, 0.3) is 0 Å². The van der Waals surface area contributed by atoms with Gasteiger partial charge < -0.3 is 14.8 Å². The van der Waals surface area contributed by atoms with Crippen molar-refractivity contribution < 1.29 is 9.47 Å². The lowest BCUT2D eigenvalue weighted by Gasteiger charge is -2.14. The number of pyridine rings is 1. The van der Waals surface area contributed by atoms with Crippen molar-refractivity contribution in [3.8, 4) is 5.75 Å². The summed E-state index contributed by atoms with van der Waals surface area (Å²) in [4.78, 5) is 4.27. The average molecular weight is 238 g/mol. The second-order valence-corrected chi connectivity index (χ2v) is 3.85. The third kappa shape index (κ3) is 5.65. The molecule has 0 aliphatic carbocycles. The molecule has 4 heteroatoms. The molecule has 1 N–H and O–H groups in total. The van der Waals surface area contributed by atoms with Crippen molar-refractivity contribution >= 4 is 0 Å². The van der Waals surface area contributed by atoms with E-state index in [0.29, 0.717) is 6.61 Å². The summed E-state index contributed by atoms with van der Waals surface area (Å²) in [5, 5.41) is 3.24. The molecule has 1 unspecified atom stereocenters. The smallest absolute Gasteiger partial charge is 0.123 e. The van der Waals surface area contributed by atoms with E-state index in [9.17, 15) is 0 Å². The molecule has 0 fully saturated rings. The average Bonchev–Trinajstić information content (AvgIpc) is 2.34. The molecule has 0 bridgehead atoms. The molecule has 1 atom stereocenters. The first-order chi connectivity index (χ1) is 8.26. The normalized spacial score (nSPS) is 12.4. The summed E-state index contributed by atoms with van der Waals surface area (Å²) in [5.41, 5.74) is 0.993. The fraction of sp³-hybridized carbons (Fsp3) is 0.615. The summed E-state index contributed by atoms with van der Waals surface area (Å²) in [6, 6.07) is 3.84. The van der Waals surface area contributed by atoms with Crippen LogP contribution in [-0.4, -0.2) is 30.8 Å². The first kappa shape index (κ1) is 13.9. The minimum absolute atomic E-state index is 0.0596. The summed E-state index contributed by atoms with van der Waals surface area (Å²) >= 11 is 0. The standard InChI is InChI=1S/C13H22N2O2/c1-4-14-9-12-8-13(6-7-15-12)17-11(3)10-16-5-2/h6-8,11,14H,4-5,9-10H2,1-3H3. The highest BCUT2D eigenvalue weighted by Gasteiger charge is 2.04. The third-order valence-electron chi connectivity index (χ3n) is 2.24. The van der Waals surface area contributed by atoms with Crippen molar-refractivity contribution in [2.45, 2.75) is 33.4 Å². The highest BCUT2D eigenvalue weighted by Crippen LogP contribution is 2.13. The van der Waals surface area contributed by atoms with E-state index in [4.69, 9.17) is 9.47 Å². The molecule has 17 heavy (non-hydrogen) atoms. The van der Waals surface area contributed by atoms with Crippen LogP contribution >= 0.6 is 0 Å². The van der Waals surface area contributed by atoms with Gasteiger partial charge in [0.1, 0.15) is 11.9 Å². The van der Waals surface area contributed by atoms with Crippen LogP contribution in [0.4, 0.5) is 0 Å². The van der Waals surface area contributed by atoms with Crippen molar-refractivity contribution in [1.82, 2.24) is 10.3 Å². The predicted molar refractivity (Wildman–Crippen MR) is 68.2 cm³/mol. The summed E-state index contributed by atoms with van der Waals surface area (Å²) < 4.78 is 11.1. The van der Waals surface area contributed by atoms with Crippen molar-refractivity contribution in [2.24, 2.45) is 0 Å². The Bertz CT molecular complexity index is 318. The Balaban J connectivity index is 2.47. The van der Waals surface area contributed by atoms with Gasteiger partial charge in [0.15, 0.2) is 0 Å². The quantitative estimate of drug-likeness (QED) is 0.752. The van der Waals surface area contributed by atoms with Crippen LogP contribution in [0.5, 0.6) is 5.75 Å². The Hall–Kier alpha value is -1.13. The van der Waals surface area contributed by atoms with Crippen molar-refractivity contribution in [2.75, 3.05) is 19.8 Å². The van der Waals surface area contributed by atoms with Gasteiger partial charge in [0, 0.05) is 25.4 Å². The minimum Gasteiger partial charge on any atom is -0.488 e. The van der Waals surface area contributed by atoms with Crippen LogP contribution in [0.15, 0.2) is 18.3 Å². The van der Waals surface area contributed by atoms with E-state index < -0.39 is 0 Å². The molecule has 0 amide bonds. The fourth-order valence-corrected chi connectivity index (χ4v) is 1.43. The molecule has 0 aliphatic rings. The van der Waals surface area contributed by atoms with Crippen LogP contribution < -0.4 is 10.1 Å². The zero-order valence-corrected chi connectivity index (χ0v) is 10.9. The number of nitrogens with zero attached hydrogens (tertiary/aromatic N) is 1. The number of hydrogen-bond acceptors (Lipinski definition) is 4. The van der Waals surface area contributed by atoms with Crippen molar-refractivity contribution in [1.29, 1.82) is 0 Å². The first-order valence-corrected chi connectivity index (χ1v) is 6.16. The van der Waals surface area contributed by atoms with Crippen LogP contribution in [0.2, 0.25) is 0 Å². The van der Waals surface area contributed by atoms with Crippen molar-refractivity contribution in [3.63, 3.8) is 0 Å². The van der Waals surface area contributed by atoms with E-state index >= 15 is 0 Å². The monoisotopic (exact) mass is 238 g/mol. The lowest BCUT2D eigenvalue weighted by Crippen LogP contribution is -2.19. The van der Waals surface area contributed by atoms with Gasteiger partial charge in [-0.1, -0.05) is 6.92 Å². The molecule has 1 rings (SSSR count). The van der Waals surface area contributed by atoms with E-state index in [2.05, 4.69) is 17.2 Å². The summed E-state index contributed by atoms with van der Waals surface area (Å²) in [6.45, 7) is 9.09. The van der Waals surface area contributed by atoms with Crippen LogP contribution in [0.1, 0.15) is 26.5 Å². The zero-order chi connectivity index (χ0) is 12.5. The van der Waals surface area contributed by atoms with Gasteiger partial charge >= 0.3 is 0 Å². The molecular formula is C13H22N2O2. The highest BCUT2D eigenvalue weighted by molar-refractivity contribution is 5.22. The first-order valence-electron chi connectivity index (χ1n) is 6.16. The van der Waals surface area contributed by atoms with E-state index in [1.807, 2.05) is 26.0 Å². The molecule has 1 heterocycles. The maximum absolute atomic E-state index is 5.74. The highest BCUT2D eigenvalue weighted by atomic mass is 16.5. The van der Waals surface area contributed by atoms with E-state index in [0.717, 1.165) is 31.1 Å². The van der Waals surface area contributed by atoms with Gasteiger partial charge in [0.2, 0.25) is 0 Å². The molecule has 4 nitrogen and oxygen atoms in total. The summed E-state index contributed by atoms with van der Waals surface area (Å²) in [6.07, 6.45) is 1.83. The largest absolute Gasteiger partial charge is 0.488 e. The minimum atomic E-state index is 0.0596. The molecule has 1 aromatic heterocycles. The molecule has 0 aliphatic heterocycles. The van der Waals surface area contributed by atoms with Crippen LogP contribution in [0.3, 0.4) is 0 Å². The molecule has 0 saturated carbocycles. The van der Waals surface area contributed by atoms with Gasteiger partial charge in [0.25, 0.3) is 0 Å². The zero-order valence-electron chi connectivity index (χ0n) is 10.9. The maximum atomic E-state index is 5.74. The van der Waals surface area contributed by atoms with Gasteiger partial charge in [-0.2, -0.15) is 0 Å². The van der Waals surface area contributed by atoms with Gasteiger partial charge in [-0.15, -0.1) is 0 Å². The lowest BCUT2D eigenvalue weighted by atomic mass is 10.3. The summed E-state index contributed by atoms with van der Waals surface area (Å²) in [7, 11) is 0. The Morgan fingerprint density at radius 2 is 2.24 bits per heavy atom. The third-order valence-corrected chi connectivity index (χ3v) is 2.24.